The van der Waals surface area contributed by atoms with E-state index >= 15 is 0 Å². The van der Waals surface area contributed by atoms with Crippen molar-refractivity contribution in [1.29, 1.82) is 0 Å². The van der Waals surface area contributed by atoms with E-state index in [0.29, 0.717) is 12.1 Å². The number of halogens is 1. The van der Waals surface area contributed by atoms with Crippen molar-refractivity contribution >= 4 is 34.9 Å². The minimum absolute atomic E-state index is 0.169. The monoisotopic (exact) mass is 263 g/mol. The molecule has 1 aliphatic rings. The van der Waals surface area contributed by atoms with Crippen molar-refractivity contribution in [3.63, 3.8) is 0 Å². The summed E-state index contributed by atoms with van der Waals surface area (Å²) in [5, 5.41) is 0.940. The molecule has 1 aliphatic heterocycles. The first-order valence-electron chi connectivity index (χ1n) is 5.46. The van der Waals surface area contributed by atoms with Gasteiger partial charge in [-0.15, -0.1) is 0 Å². The third kappa shape index (κ3) is 1.57. The van der Waals surface area contributed by atoms with Gasteiger partial charge in [0.05, 0.1) is 0 Å². The predicted molar refractivity (Wildman–Crippen MR) is 68.0 cm³/mol. The molecule has 92 valence electrons. The van der Waals surface area contributed by atoms with Crippen molar-refractivity contribution in [2.24, 2.45) is 0 Å². The van der Waals surface area contributed by atoms with Gasteiger partial charge in [0, 0.05) is 24.5 Å². The number of benzene rings is 1. The van der Waals surface area contributed by atoms with Gasteiger partial charge in [-0.05, 0) is 23.9 Å². The highest BCUT2D eigenvalue weighted by Gasteiger charge is 2.24. The van der Waals surface area contributed by atoms with Crippen LogP contribution in [0.25, 0.3) is 17.0 Å². The van der Waals surface area contributed by atoms with Crippen LogP contribution in [0.15, 0.2) is 28.8 Å². The van der Waals surface area contributed by atoms with E-state index in [0.717, 1.165) is 16.5 Å². The molecular weight excluding hydrogens is 254 g/mol. The van der Waals surface area contributed by atoms with Crippen LogP contribution < -0.4 is 0 Å². The van der Waals surface area contributed by atoms with Gasteiger partial charge in [-0.25, -0.2) is 4.79 Å². The van der Waals surface area contributed by atoms with Crippen molar-refractivity contribution in [3.05, 3.63) is 41.3 Å². The molecule has 2 aromatic rings. The van der Waals surface area contributed by atoms with Gasteiger partial charge in [0.2, 0.25) is 5.76 Å². The zero-order valence-corrected chi connectivity index (χ0v) is 10.4. The Bertz CT molecular complexity index is 660. The summed E-state index contributed by atoms with van der Waals surface area (Å²) >= 11 is 5.14. The lowest BCUT2D eigenvalue weighted by Crippen LogP contribution is -2.11. The van der Waals surface area contributed by atoms with E-state index < -0.39 is 5.97 Å². The van der Waals surface area contributed by atoms with Gasteiger partial charge in [0.25, 0.3) is 0 Å². The van der Waals surface area contributed by atoms with Crippen LogP contribution in [0, 0.1) is 0 Å². The first-order valence-corrected chi connectivity index (χ1v) is 5.77. The molecule has 0 bridgehead atoms. The van der Waals surface area contributed by atoms with Gasteiger partial charge in [-0.1, -0.05) is 12.1 Å². The van der Waals surface area contributed by atoms with Crippen LogP contribution in [-0.4, -0.2) is 17.9 Å². The second-order valence-electron chi connectivity index (χ2n) is 4.23. The number of carbonyl (C=O) groups is 1. The quantitative estimate of drug-likeness (QED) is 0.793. The third-order valence-electron chi connectivity index (χ3n) is 3.02. The summed E-state index contributed by atoms with van der Waals surface area (Å²) in [7, 11) is 1.93. The lowest BCUT2D eigenvalue weighted by atomic mass is 10.1. The second-order valence-corrected chi connectivity index (χ2v) is 4.38. The lowest BCUT2D eigenvalue weighted by molar-refractivity contribution is 0.0718. The van der Waals surface area contributed by atoms with E-state index in [-0.39, 0.29) is 5.76 Å². The summed E-state index contributed by atoms with van der Waals surface area (Å²) in [5.41, 5.74) is 2.49. The molecule has 0 spiro atoms. The molecule has 1 aromatic heterocycles. The molecule has 0 aliphatic carbocycles. The van der Waals surface area contributed by atoms with E-state index in [2.05, 4.69) is 4.29 Å². The Labute approximate surface area is 109 Å². The average molecular weight is 264 g/mol. The highest BCUT2D eigenvalue weighted by Crippen LogP contribution is 2.33. The number of nitrogens with zero attached hydrogens (tertiary/aromatic N) is 1. The fourth-order valence-corrected chi connectivity index (χ4v) is 2.31. The van der Waals surface area contributed by atoms with Gasteiger partial charge in [0.1, 0.15) is 17.4 Å². The topological polar surface area (TPSA) is 42.7 Å². The average Bonchev–Trinajstić information content (AvgIpc) is 2.65. The summed E-state index contributed by atoms with van der Waals surface area (Å²) in [6.45, 7) is 0.571. The molecule has 0 unspecified atom stereocenters. The standard InChI is InChI=1S/C13H10ClNO3/c1-15-6-5-8-3-2-4-10-11(8)9(7-15)12(17-10)13(16)18-14/h2-6H,7H2,1H3. The summed E-state index contributed by atoms with van der Waals surface area (Å²) in [4.78, 5) is 13.6. The van der Waals surface area contributed by atoms with Crippen LogP contribution in [0.5, 0.6) is 0 Å². The molecule has 2 heterocycles. The van der Waals surface area contributed by atoms with Crippen LogP contribution in [0.2, 0.25) is 0 Å². The first-order chi connectivity index (χ1) is 8.70. The molecule has 1 aromatic carbocycles. The largest absolute Gasteiger partial charge is 0.449 e. The van der Waals surface area contributed by atoms with Gasteiger partial charge in [-0.3, -0.25) is 0 Å². The fourth-order valence-electron chi connectivity index (χ4n) is 2.24. The maximum Gasteiger partial charge on any atom is 0.392 e. The summed E-state index contributed by atoms with van der Waals surface area (Å²) in [5.74, 6) is -0.493. The van der Waals surface area contributed by atoms with Crippen molar-refractivity contribution in [2.75, 3.05) is 7.05 Å². The summed E-state index contributed by atoms with van der Waals surface area (Å²) < 4.78 is 9.80. The number of furan rings is 1. The number of hydrogen-bond donors (Lipinski definition) is 0. The van der Waals surface area contributed by atoms with Gasteiger partial charge >= 0.3 is 5.97 Å². The Morgan fingerprint density at radius 1 is 1.50 bits per heavy atom. The van der Waals surface area contributed by atoms with Crippen molar-refractivity contribution in [2.45, 2.75) is 6.54 Å². The van der Waals surface area contributed by atoms with Gasteiger partial charge in [-0.2, -0.15) is 0 Å². The van der Waals surface area contributed by atoms with E-state index in [1.807, 2.05) is 42.4 Å². The van der Waals surface area contributed by atoms with Crippen LogP contribution in [0.1, 0.15) is 21.7 Å². The molecule has 0 N–H and O–H groups in total. The smallest absolute Gasteiger partial charge is 0.392 e. The summed E-state index contributed by atoms with van der Waals surface area (Å²) in [6.07, 6.45) is 3.95. The Morgan fingerprint density at radius 2 is 2.33 bits per heavy atom. The van der Waals surface area contributed by atoms with Gasteiger partial charge in [0.15, 0.2) is 0 Å². The molecule has 18 heavy (non-hydrogen) atoms. The van der Waals surface area contributed by atoms with Gasteiger partial charge < -0.3 is 13.6 Å². The fraction of sp³-hybridized carbons (Fsp3) is 0.154. The van der Waals surface area contributed by atoms with E-state index in [1.165, 1.54) is 0 Å². The van der Waals surface area contributed by atoms with Crippen LogP contribution in [0.4, 0.5) is 0 Å². The second kappa shape index (κ2) is 4.07. The zero-order chi connectivity index (χ0) is 12.7. The number of rotatable bonds is 1. The molecule has 0 radical (unpaired) electrons. The molecule has 5 heteroatoms. The highest BCUT2D eigenvalue weighted by molar-refractivity contribution is 6.16. The minimum atomic E-state index is -0.663. The number of hydrogen-bond acceptors (Lipinski definition) is 4. The normalized spacial score (nSPS) is 13.8. The van der Waals surface area contributed by atoms with E-state index in [9.17, 15) is 4.79 Å². The maximum atomic E-state index is 11.6. The van der Waals surface area contributed by atoms with Crippen molar-refractivity contribution in [3.8, 4) is 0 Å². The molecule has 0 amide bonds. The first kappa shape index (κ1) is 11.2. The Hall–Kier alpha value is -1.94. The Balaban J connectivity index is 2.34. The van der Waals surface area contributed by atoms with Crippen LogP contribution >= 0.6 is 11.9 Å². The van der Waals surface area contributed by atoms with Crippen molar-refractivity contribution < 1.29 is 13.5 Å². The SMILES string of the molecule is CN1C=Cc2cccc3oc(C(=O)OCl)c(c23)C1. The maximum absolute atomic E-state index is 11.6. The Morgan fingerprint density at radius 3 is 3.11 bits per heavy atom. The third-order valence-corrected chi connectivity index (χ3v) is 3.16. The molecular formula is C13H10ClNO3. The number of carbonyl (C=O) groups excluding carboxylic acids is 1. The zero-order valence-electron chi connectivity index (χ0n) is 9.64. The molecule has 0 saturated heterocycles. The molecule has 0 atom stereocenters. The van der Waals surface area contributed by atoms with Crippen molar-refractivity contribution in [1.82, 2.24) is 4.90 Å². The predicted octanol–water partition coefficient (Wildman–Crippen LogP) is 3.16. The molecule has 0 fully saturated rings. The van der Waals surface area contributed by atoms with E-state index in [4.69, 9.17) is 16.3 Å². The molecule has 0 saturated carbocycles. The molecule has 3 rings (SSSR count). The van der Waals surface area contributed by atoms with Crippen LogP contribution in [0.3, 0.4) is 0 Å². The summed E-state index contributed by atoms with van der Waals surface area (Å²) in [6, 6.07) is 5.69. The highest BCUT2D eigenvalue weighted by atomic mass is 35.5. The minimum Gasteiger partial charge on any atom is -0.449 e. The molecule has 4 nitrogen and oxygen atoms in total. The lowest BCUT2D eigenvalue weighted by Gasteiger charge is -2.11. The van der Waals surface area contributed by atoms with E-state index in [1.54, 1.807) is 0 Å². The Kier molecular flexibility index (Phi) is 2.52. The van der Waals surface area contributed by atoms with Crippen LogP contribution in [-0.2, 0) is 10.8 Å².